The van der Waals surface area contributed by atoms with Gasteiger partial charge in [0.15, 0.2) is 0 Å². The third-order valence-electron chi connectivity index (χ3n) is 5.46. The first-order valence-electron chi connectivity index (χ1n) is 10.0. The predicted molar refractivity (Wildman–Crippen MR) is 109 cm³/mol. The number of carbonyl (C=O) groups is 1. The number of hydrogen-bond donors (Lipinski definition) is 1. The number of aromatic nitrogens is 2. The maximum atomic E-state index is 12.5. The second-order valence-corrected chi connectivity index (χ2v) is 7.88. The summed E-state index contributed by atoms with van der Waals surface area (Å²) in [6.07, 6.45) is 3.79. The normalized spacial score (nSPS) is 16.6. The summed E-state index contributed by atoms with van der Waals surface area (Å²) < 4.78 is 2.02. The molecule has 0 spiro atoms. The number of hydrogen-bond acceptors (Lipinski definition) is 3. The van der Waals surface area contributed by atoms with Gasteiger partial charge in [-0.25, -0.2) is 0 Å². The third-order valence-corrected chi connectivity index (χ3v) is 5.46. The van der Waals surface area contributed by atoms with Gasteiger partial charge in [0.25, 0.3) is 0 Å². The van der Waals surface area contributed by atoms with E-state index >= 15 is 0 Å². The standard InChI is InChI=1S/C22H32N4O/c1-17-13-18(2)26(24-17)12-4-11-25(3)22(27)15-20-7-5-19(6-8-20)14-21-9-10-23-16-21/h5-8,13,21,23H,4,9-12,14-16H2,1-3H3. The van der Waals surface area contributed by atoms with Crippen LogP contribution in [0.3, 0.4) is 0 Å². The second kappa shape index (κ2) is 9.18. The fraction of sp³-hybridized carbons (Fsp3) is 0.545. The Morgan fingerprint density at radius 1 is 1.26 bits per heavy atom. The van der Waals surface area contributed by atoms with E-state index < -0.39 is 0 Å². The number of rotatable bonds is 8. The van der Waals surface area contributed by atoms with Gasteiger partial charge in [0.05, 0.1) is 12.1 Å². The molecular weight excluding hydrogens is 336 g/mol. The first kappa shape index (κ1) is 19.6. The van der Waals surface area contributed by atoms with Crippen molar-refractivity contribution in [3.8, 4) is 0 Å². The Morgan fingerprint density at radius 2 is 2.00 bits per heavy atom. The van der Waals surface area contributed by atoms with Gasteiger partial charge in [-0.3, -0.25) is 9.48 Å². The molecule has 1 aromatic heterocycles. The molecule has 146 valence electrons. The van der Waals surface area contributed by atoms with Crippen LogP contribution in [0.15, 0.2) is 30.3 Å². The Kier molecular flexibility index (Phi) is 6.67. The van der Waals surface area contributed by atoms with Gasteiger partial charge in [-0.2, -0.15) is 5.10 Å². The fourth-order valence-corrected chi connectivity index (χ4v) is 3.81. The minimum atomic E-state index is 0.177. The molecule has 27 heavy (non-hydrogen) atoms. The molecule has 1 N–H and O–H groups in total. The van der Waals surface area contributed by atoms with Crippen molar-refractivity contribution in [2.45, 2.75) is 46.1 Å². The monoisotopic (exact) mass is 368 g/mol. The summed E-state index contributed by atoms with van der Waals surface area (Å²) in [5.74, 6) is 0.932. The lowest BCUT2D eigenvalue weighted by Crippen LogP contribution is -2.29. The van der Waals surface area contributed by atoms with Crippen molar-refractivity contribution >= 4 is 5.91 Å². The minimum Gasteiger partial charge on any atom is -0.345 e. The molecule has 1 amide bonds. The Hall–Kier alpha value is -2.14. The molecule has 5 heteroatoms. The number of benzene rings is 1. The summed E-state index contributed by atoms with van der Waals surface area (Å²) >= 11 is 0. The van der Waals surface area contributed by atoms with Crippen LogP contribution in [0, 0.1) is 19.8 Å². The van der Waals surface area contributed by atoms with E-state index in [1.807, 2.05) is 23.6 Å². The zero-order chi connectivity index (χ0) is 19.2. The van der Waals surface area contributed by atoms with Crippen molar-refractivity contribution in [2.75, 3.05) is 26.7 Å². The van der Waals surface area contributed by atoms with E-state index in [-0.39, 0.29) is 5.91 Å². The number of likely N-dealkylation sites (N-methyl/N-ethyl adjacent to an activating group) is 1. The maximum absolute atomic E-state index is 12.5. The molecule has 2 heterocycles. The maximum Gasteiger partial charge on any atom is 0.226 e. The van der Waals surface area contributed by atoms with E-state index in [4.69, 9.17) is 0 Å². The number of carbonyl (C=O) groups excluding carboxylic acids is 1. The topological polar surface area (TPSA) is 50.2 Å². The molecule has 1 saturated heterocycles. The van der Waals surface area contributed by atoms with Crippen molar-refractivity contribution in [1.29, 1.82) is 0 Å². The van der Waals surface area contributed by atoms with Gasteiger partial charge in [0.1, 0.15) is 0 Å². The molecule has 1 aliphatic rings. The highest BCUT2D eigenvalue weighted by Gasteiger charge is 2.15. The Balaban J connectivity index is 1.42. The van der Waals surface area contributed by atoms with Crippen LogP contribution in [-0.4, -0.2) is 47.3 Å². The lowest BCUT2D eigenvalue weighted by molar-refractivity contribution is -0.129. The summed E-state index contributed by atoms with van der Waals surface area (Å²) in [4.78, 5) is 14.3. The lowest BCUT2D eigenvalue weighted by Gasteiger charge is -2.17. The van der Waals surface area contributed by atoms with Crippen LogP contribution in [-0.2, 0) is 24.2 Å². The summed E-state index contributed by atoms with van der Waals surface area (Å²) in [5.41, 5.74) is 4.69. The van der Waals surface area contributed by atoms with Gasteiger partial charge >= 0.3 is 0 Å². The highest BCUT2D eigenvalue weighted by Crippen LogP contribution is 2.16. The van der Waals surface area contributed by atoms with Crippen molar-refractivity contribution in [1.82, 2.24) is 20.0 Å². The quantitative estimate of drug-likeness (QED) is 0.779. The SMILES string of the molecule is Cc1cc(C)n(CCCN(C)C(=O)Cc2ccc(CC3CCNC3)cc2)n1. The zero-order valence-electron chi connectivity index (χ0n) is 16.9. The molecule has 0 saturated carbocycles. The van der Waals surface area contributed by atoms with E-state index in [0.717, 1.165) is 56.2 Å². The van der Waals surface area contributed by atoms with E-state index in [2.05, 4.69) is 47.7 Å². The first-order valence-corrected chi connectivity index (χ1v) is 10.0. The van der Waals surface area contributed by atoms with Gasteiger partial charge in [-0.1, -0.05) is 24.3 Å². The number of nitrogens with one attached hydrogen (secondary N) is 1. The van der Waals surface area contributed by atoms with Gasteiger partial charge in [-0.15, -0.1) is 0 Å². The molecular formula is C22H32N4O. The van der Waals surface area contributed by atoms with Gasteiger partial charge in [0.2, 0.25) is 5.91 Å². The van der Waals surface area contributed by atoms with E-state index in [1.165, 1.54) is 17.7 Å². The van der Waals surface area contributed by atoms with Crippen LogP contribution in [0.4, 0.5) is 0 Å². The van der Waals surface area contributed by atoms with Crippen LogP contribution in [0.5, 0.6) is 0 Å². The zero-order valence-corrected chi connectivity index (χ0v) is 16.9. The minimum absolute atomic E-state index is 0.177. The van der Waals surface area contributed by atoms with E-state index in [0.29, 0.717) is 6.42 Å². The molecule has 1 aliphatic heterocycles. The average Bonchev–Trinajstić information content (AvgIpc) is 3.26. The molecule has 3 rings (SSSR count). The number of amides is 1. The Bertz CT molecular complexity index is 744. The average molecular weight is 369 g/mol. The van der Waals surface area contributed by atoms with Crippen molar-refractivity contribution in [3.05, 3.63) is 52.8 Å². The van der Waals surface area contributed by atoms with Gasteiger partial charge in [0, 0.05) is 25.8 Å². The van der Waals surface area contributed by atoms with Crippen molar-refractivity contribution in [3.63, 3.8) is 0 Å². The molecule has 0 radical (unpaired) electrons. The Labute approximate surface area is 162 Å². The van der Waals surface area contributed by atoms with E-state index in [9.17, 15) is 4.79 Å². The summed E-state index contributed by atoms with van der Waals surface area (Å²) in [7, 11) is 1.89. The fourth-order valence-electron chi connectivity index (χ4n) is 3.81. The highest BCUT2D eigenvalue weighted by molar-refractivity contribution is 5.78. The summed E-state index contributed by atoms with van der Waals surface area (Å²) in [5, 5.41) is 7.89. The molecule has 1 fully saturated rings. The molecule has 0 bridgehead atoms. The Morgan fingerprint density at radius 3 is 2.63 bits per heavy atom. The number of aryl methyl sites for hydroxylation is 3. The van der Waals surface area contributed by atoms with Crippen LogP contribution in [0.25, 0.3) is 0 Å². The van der Waals surface area contributed by atoms with Crippen LogP contribution < -0.4 is 5.32 Å². The molecule has 2 aromatic rings. The van der Waals surface area contributed by atoms with Crippen LogP contribution in [0.2, 0.25) is 0 Å². The first-order chi connectivity index (χ1) is 13.0. The van der Waals surface area contributed by atoms with Gasteiger partial charge < -0.3 is 10.2 Å². The summed E-state index contributed by atoms with van der Waals surface area (Å²) in [6, 6.07) is 10.7. The number of nitrogens with zero attached hydrogens (tertiary/aromatic N) is 3. The van der Waals surface area contributed by atoms with Crippen LogP contribution in [0.1, 0.15) is 35.4 Å². The largest absolute Gasteiger partial charge is 0.345 e. The summed E-state index contributed by atoms with van der Waals surface area (Å²) in [6.45, 7) is 7.95. The highest BCUT2D eigenvalue weighted by atomic mass is 16.2. The molecule has 1 unspecified atom stereocenters. The molecule has 1 aromatic carbocycles. The van der Waals surface area contributed by atoms with Crippen LogP contribution >= 0.6 is 0 Å². The molecule has 1 atom stereocenters. The predicted octanol–water partition coefficient (Wildman–Crippen LogP) is 2.74. The van der Waals surface area contributed by atoms with Crippen molar-refractivity contribution < 1.29 is 4.79 Å². The third kappa shape index (κ3) is 5.67. The second-order valence-electron chi connectivity index (χ2n) is 7.88. The smallest absolute Gasteiger partial charge is 0.226 e. The molecule has 0 aliphatic carbocycles. The van der Waals surface area contributed by atoms with E-state index in [1.54, 1.807) is 0 Å². The lowest BCUT2D eigenvalue weighted by atomic mass is 9.97. The van der Waals surface area contributed by atoms with Gasteiger partial charge in [-0.05, 0) is 69.3 Å². The molecule has 5 nitrogen and oxygen atoms in total. The van der Waals surface area contributed by atoms with Crippen molar-refractivity contribution in [2.24, 2.45) is 5.92 Å².